The number of hydrogen-bond donors (Lipinski definition) is 1. The highest BCUT2D eigenvalue weighted by Crippen LogP contribution is 2.21. The van der Waals surface area contributed by atoms with Gasteiger partial charge in [-0.15, -0.1) is 11.3 Å². The normalized spacial score (nSPS) is 13.7. The first-order chi connectivity index (χ1) is 12.5. The van der Waals surface area contributed by atoms with Crippen LogP contribution in [0.3, 0.4) is 0 Å². The zero-order chi connectivity index (χ0) is 18.5. The van der Waals surface area contributed by atoms with Crippen LogP contribution in [0.2, 0.25) is 0 Å². The predicted molar refractivity (Wildman–Crippen MR) is 98.2 cm³/mol. The molecule has 26 heavy (non-hydrogen) atoms. The minimum absolute atomic E-state index is 0.0673. The summed E-state index contributed by atoms with van der Waals surface area (Å²) in [6.07, 6.45) is 1.52. The summed E-state index contributed by atoms with van der Waals surface area (Å²) in [7, 11) is 0. The molecule has 1 aliphatic heterocycles. The number of hydrogen-bond acceptors (Lipinski definition) is 6. The van der Waals surface area contributed by atoms with Crippen molar-refractivity contribution in [3.8, 4) is 0 Å². The van der Waals surface area contributed by atoms with Gasteiger partial charge in [0.2, 0.25) is 5.91 Å². The summed E-state index contributed by atoms with van der Waals surface area (Å²) in [5.41, 5.74) is 2.42. The van der Waals surface area contributed by atoms with Crippen molar-refractivity contribution >= 4 is 39.9 Å². The highest BCUT2D eigenvalue weighted by atomic mass is 32.1. The molecular weight excluding hydrogens is 354 g/mol. The number of nitrogens with zero attached hydrogens (tertiary/aromatic N) is 2. The van der Waals surface area contributed by atoms with E-state index in [1.807, 2.05) is 24.4 Å². The number of carbonyl (C=O) groups excluding carboxylic acids is 3. The van der Waals surface area contributed by atoms with Gasteiger partial charge in [0.1, 0.15) is 0 Å². The molecule has 0 spiro atoms. The number of thiazole rings is 1. The molecule has 2 heterocycles. The maximum atomic E-state index is 11.9. The lowest BCUT2D eigenvalue weighted by Crippen LogP contribution is -2.23. The second-order valence-electron chi connectivity index (χ2n) is 6.00. The Balaban J connectivity index is 1.45. The second-order valence-corrected chi connectivity index (χ2v) is 6.85. The largest absolute Gasteiger partial charge is 0.455 e. The number of rotatable bonds is 6. The Kier molecular flexibility index (Phi) is 5.62. The van der Waals surface area contributed by atoms with Gasteiger partial charge in [0.05, 0.1) is 12.1 Å². The zero-order valence-corrected chi connectivity index (χ0v) is 15.2. The fourth-order valence-corrected chi connectivity index (χ4v) is 3.35. The fraction of sp³-hybridized carbons (Fsp3) is 0.333. The number of carbonyl (C=O) groups is 3. The predicted octanol–water partition coefficient (Wildman–Crippen LogP) is 2.30. The Bertz CT molecular complexity index is 816. The molecule has 0 atom stereocenters. The fourth-order valence-electron chi connectivity index (χ4n) is 2.65. The topological polar surface area (TPSA) is 88.6 Å². The number of nitrogens with one attached hydrogen (secondary N) is 1. The molecule has 0 radical (unpaired) electrons. The van der Waals surface area contributed by atoms with Gasteiger partial charge in [0.25, 0.3) is 5.91 Å². The van der Waals surface area contributed by atoms with Gasteiger partial charge < -0.3 is 9.64 Å². The van der Waals surface area contributed by atoms with Gasteiger partial charge in [-0.2, -0.15) is 0 Å². The second kappa shape index (κ2) is 8.09. The molecule has 1 saturated heterocycles. The van der Waals surface area contributed by atoms with E-state index in [1.54, 1.807) is 17.0 Å². The number of amides is 2. The van der Waals surface area contributed by atoms with E-state index in [9.17, 15) is 14.4 Å². The van der Waals surface area contributed by atoms with Crippen LogP contribution in [0.4, 0.5) is 10.8 Å². The van der Waals surface area contributed by atoms with Crippen LogP contribution < -0.4 is 10.2 Å². The molecule has 0 saturated carbocycles. The minimum atomic E-state index is -0.486. The van der Waals surface area contributed by atoms with Crippen LogP contribution >= 0.6 is 11.3 Å². The van der Waals surface area contributed by atoms with Crippen LogP contribution in [0.15, 0.2) is 29.6 Å². The van der Waals surface area contributed by atoms with Gasteiger partial charge in [-0.05, 0) is 31.0 Å². The van der Waals surface area contributed by atoms with Crippen molar-refractivity contribution in [2.75, 3.05) is 23.4 Å². The highest BCUT2D eigenvalue weighted by Gasteiger charge is 2.21. The molecule has 0 aliphatic carbocycles. The Morgan fingerprint density at radius 3 is 2.69 bits per heavy atom. The molecule has 3 rings (SSSR count). The summed E-state index contributed by atoms with van der Waals surface area (Å²) < 4.78 is 5.00. The SMILES string of the molecule is Cc1csc(NC(=O)COC(=O)Cc2ccc(N3CCCC3=O)cc2)n1. The molecule has 1 N–H and O–H groups in total. The zero-order valence-electron chi connectivity index (χ0n) is 14.4. The van der Waals surface area contributed by atoms with Crippen molar-refractivity contribution in [2.24, 2.45) is 0 Å². The van der Waals surface area contributed by atoms with Crippen molar-refractivity contribution in [2.45, 2.75) is 26.2 Å². The molecule has 2 amide bonds. The maximum Gasteiger partial charge on any atom is 0.310 e. The maximum absolute atomic E-state index is 11.9. The Hall–Kier alpha value is -2.74. The van der Waals surface area contributed by atoms with Crippen LogP contribution in [0.1, 0.15) is 24.1 Å². The summed E-state index contributed by atoms with van der Waals surface area (Å²) in [6, 6.07) is 7.23. The minimum Gasteiger partial charge on any atom is -0.455 e. The summed E-state index contributed by atoms with van der Waals surface area (Å²) in [6.45, 7) is 2.21. The number of esters is 1. The van der Waals surface area contributed by atoms with Gasteiger partial charge in [0.15, 0.2) is 11.7 Å². The number of ether oxygens (including phenoxy) is 1. The third-order valence-electron chi connectivity index (χ3n) is 3.90. The summed E-state index contributed by atoms with van der Waals surface area (Å²) in [5, 5.41) is 4.88. The van der Waals surface area contributed by atoms with E-state index in [0.29, 0.717) is 11.6 Å². The van der Waals surface area contributed by atoms with E-state index in [0.717, 1.165) is 29.9 Å². The monoisotopic (exact) mass is 373 g/mol. The van der Waals surface area contributed by atoms with Crippen LogP contribution in [0.5, 0.6) is 0 Å². The summed E-state index contributed by atoms with van der Waals surface area (Å²) in [5.74, 6) is -0.783. The van der Waals surface area contributed by atoms with Crippen LogP contribution in [0.25, 0.3) is 0 Å². The number of anilines is 2. The number of aromatic nitrogens is 1. The van der Waals surface area contributed by atoms with Crippen LogP contribution in [0, 0.1) is 6.92 Å². The van der Waals surface area contributed by atoms with E-state index in [2.05, 4.69) is 10.3 Å². The molecule has 1 fully saturated rings. The van der Waals surface area contributed by atoms with E-state index in [1.165, 1.54) is 11.3 Å². The number of benzene rings is 1. The van der Waals surface area contributed by atoms with E-state index >= 15 is 0 Å². The van der Waals surface area contributed by atoms with Crippen molar-refractivity contribution in [1.29, 1.82) is 0 Å². The lowest BCUT2D eigenvalue weighted by atomic mass is 10.1. The van der Waals surface area contributed by atoms with E-state index in [4.69, 9.17) is 4.74 Å². The number of aryl methyl sites for hydroxylation is 1. The molecule has 1 aliphatic rings. The molecule has 1 aromatic carbocycles. The molecule has 0 bridgehead atoms. The molecule has 7 nitrogen and oxygen atoms in total. The molecule has 136 valence electrons. The summed E-state index contributed by atoms with van der Waals surface area (Å²) >= 11 is 1.32. The first-order valence-corrected chi connectivity index (χ1v) is 9.16. The molecular formula is C18H19N3O4S. The first-order valence-electron chi connectivity index (χ1n) is 8.28. The third kappa shape index (κ3) is 4.66. The van der Waals surface area contributed by atoms with E-state index < -0.39 is 11.9 Å². The van der Waals surface area contributed by atoms with Crippen LogP contribution in [-0.4, -0.2) is 35.9 Å². The van der Waals surface area contributed by atoms with Gasteiger partial charge >= 0.3 is 5.97 Å². The van der Waals surface area contributed by atoms with Crippen molar-refractivity contribution in [1.82, 2.24) is 4.98 Å². The quantitative estimate of drug-likeness (QED) is 0.785. The van der Waals surface area contributed by atoms with Gasteiger partial charge in [-0.1, -0.05) is 12.1 Å². The van der Waals surface area contributed by atoms with E-state index in [-0.39, 0.29) is 18.9 Å². The average molecular weight is 373 g/mol. The van der Waals surface area contributed by atoms with Crippen molar-refractivity contribution < 1.29 is 19.1 Å². The van der Waals surface area contributed by atoms with Crippen molar-refractivity contribution in [3.05, 3.63) is 40.9 Å². The third-order valence-corrected chi connectivity index (χ3v) is 4.78. The van der Waals surface area contributed by atoms with Gasteiger partial charge in [-0.3, -0.25) is 19.7 Å². The first kappa shape index (κ1) is 18.1. The van der Waals surface area contributed by atoms with Gasteiger partial charge in [0, 0.05) is 24.0 Å². The lowest BCUT2D eigenvalue weighted by molar-refractivity contribution is -0.146. The van der Waals surface area contributed by atoms with Crippen molar-refractivity contribution in [3.63, 3.8) is 0 Å². The Labute approximate surface area is 155 Å². The van der Waals surface area contributed by atoms with Gasteiger partial charge in [-0.25, -0.2) is 4.98 Å². The Morgan fingerprint density at radius 2 is 2.08 bits per heavy atom. The smallest absolute Gasteiger partial charge is 0.310 e. The molecule has 2 aromatic rings. The van der Waals surface area contributed by atoms with Crippen LogP contribution in [-0.2, 0) is 25.5 Å². The molecule has 1 aromatic heterocycles. The summed E-state index contributed by atoms with van der Waals surface area (Å²) in [4.78, 5) is 41.2. The highest BCUT2D eigenvalue weighted by molar-refractivity contribution is 7.13. The molecule has 8 heteroatoms. The molecule has 0 unspecified atom stereocenters. The Morgan fingerprint density at radius 1 is 1.31 bits per heavy atom. The lowest BCUT2D eigenvalue weighted by Gasteiger charge is -2.15. The average Bonchev–Trinajstić information content (AvgIpc) is 3.22. The standard InChI is InChI=1S/C18H19N3O4S/c1-12-11-26-18(19-12)20-15(22)10-25-17(24)9-13-4-6-14(7-5-13)21-8-2-3-16(21)23/h4-7,11H,2-3,8-10H2,1H3,(H,19,20,22).